The average Bonchev–Trinajstić information content (AvgIpc) is 3.47. The lowest BCUT2D eigenvalue weighted by Crippen LogP contribution is -2.42. The highest BCUT2D eigenvalue weighted by Crippen LogP contribution is 2.34. The number of aromatic amines is 1. The van der Waals surface area contributed by atoms with E-state index < -0.39 is 0 Å². The quantitative estimate of drug-likeness (QED) is 0.698. The van der Waals surface area contributed by atoms with Crippen LogP contribution in [0.4, 0.5) is 0 Å². The molecule has 1 aliphatic heterocycles. The average molecular weight is 409 g/mol. The lowest BCUT2D eigenvalue weighted by atomic mass is 10.0. The Labute approximate surface area is 175 Å². The molecule has 0 spiro atoms. The van der Waals surface area contributed by atoms with E-state index >= 15 is 0 Å². The first kappa shape index (κ1) is 19.4. The molecule has 0 bridgehead atoms. The second kappa shape index (κ2) is 8.28. The summed E-state index contributed by atoms with van der Waals surface area (Å²) in [7, 11) is 0. The molecule has 0 unspecified atom stereocenters. The van der Waals surface area contributed by atoms with Gasteiger partial charge in [0.2, 0.25) is 0 Å². The number of hydrogen-bond acceptors (Lipinski definition) is 6. The van der Waals surface area contributed by atoms with Crippen LogP contribution >= 0.6 is 0 Å². The number of ether oxygens (including phenoxy) is 1. The molecule has 1 saturated heterocycles. The molecular weight excluding hydrogens is 380 g/mol. The standard InChI is InChI=1S/C22H28N6O2/c1-2-15-7-8-19-16(13-15)14-18(22(29)23-19)20(27-9-11-30-12-10-27)21-24-25-26-28(21)17-5-3-4-6-17/h7-8,13-14,17,20H,2-6,9-12H2,1H3,(H,23,29)/t20-/m1/s1. The summed E-state index contributed by atoms with van der Waals surface area (Å²) < 4.78 is 7.55. The van der Waals surface area contributed by atoms with E-state index in [1.165, 1.54) is 18.4 Å². The van der Waals surface area contributed by atoms with Crippen molar-refractivity contribution in [3.8, 4) is 0 Å². The van der Waals surface area contributed by atoms with Gasteiger partial charge in [-0.25, -0.2) is 4.68 Å². The molecule has 1 N–H and O–H groups in total. The summed E-state index contributed by atoms with van der Waals surface area (Å²) >= 11 is 0. The summed E-state index contributed by atoms with van der Waals surface area (Å²) in [6, 6.07) is 8.27. The van der Waals surface area contributed by atoms with Gasteiger partial charge in [-0.2, -0.15) is 0 Å². The van der Waals surface area contributed by atoms with Crippen molar-refractivity contribution in [3.05, 3.63) is 51.6 Å². The molecule has 1 saturated carbocycles. The molecule has 158 valence electrons. The predicted octanol–water partition coefficient (Wildman–Crippen LogP) is 2.61. The Morgan fingerprint density at radius 1 is 1.20 bits per heavy atom. The number of pyridine rings is 1. The van der Waals surface area contributed by atoms with Crippen LogP contribution in [0.15, 0.2) is 29.1 Å². The number of rotatable bonds is 5. The maximum atomic E-state index is 13.2. The first-order valence-electron chi connectivity index (χ1n) is 11.0. The van der Waals surface area contributed by atoms with E-state index in [0.717, 1.165) is 49.1 Å². The maximum Gasteiger partial charge on any atom is 0.253 e. The lowest BCUT2D eigenvalue weighted by Gasteiger charge is -2.34. The minimum Gasteiger partial charge on any atom is -0.379 e. The van der Waals surface area contributed by atoms with E-state index in [-0.39, 0.29) is 11.6 Å². The lowest BCUT2D eigenvalue weighted by molar-refractivity contribution is 0.0211. The van der Waals surface area contributed by atoms with Crippen molar-refractivity contribution in [1.82, 2.24) is 30.1 Å². The molecular formula is C22H28N6O2. The summed E-state index contributed by atoms with van der Waals surface area (Å²) in [5.41, 5.74) is 2.73. The molecule has 30 heavy (non-hydrogen) atoms. The van der Waals surface area contributed by atoms with Crippen molar-refractivity contribution in [2.75, 3.05) is 26.3 Å². The Morgan fingerprint density at radius 2 is 2.00 bits per heavy atom. The first-order chi connectivity index (χ1) is 14.7. The molecule has 8 heteroatoms. The molecule has 1 aromatic carbocycles. The Kier molecular flexibility index (Phi) is 5.35. The third-order valence-corrected chi connectivity index (χ3v) is 6.48. The van der Waals surface area contributed by atoms with Crippen molar-refractivity contribution < 1.29 is 4.74 Å². The fraction of sp³-hybridized carbons (Fsp3) is 0.545. The minimum atomic E-state index is -0.289. The molecule has 2 aliphatic rings. The van der Waals surface area contributed by atoms with Crippen molar-refractivity contribution in [3.63, 3.8) is 0 Å². The molecule has 0 amide bonds. The van der Waals surface area contributed by atoms with Crippen LogP contribution < -0.4 is 5.56 Å². The number of hydrogen-bond donors (Lipinski definition) is 1. The number of H-pyrrole nitrogens is 1. The third-order valence-electron chi connectivity index (χ3n) is 6.48. The Hall–Kier alpha value is -2.58. The van der Waals surface area contributed by atoms with Crippen molar-refractivity contribution in [2.24, 2.45) is 0 Å². The Morgan fingerprint density at radius 3 is 2.77 bits per heavy atom. The number of benzene rings is 1. The van der Waals surface area contributed by atoms with Crippen molar-refractivity contribution in [2.45, 2.75) is 51.1 Å². The Balaban J connectivity index is 1.65. The molecule has 0 radical (unpaired) electrons. The number of morpholine rings is 1. The van der Waals surface area contributed by atoms with Crippen LogP contribution in [0.5, 0.6) is 0 Å². The third kappa shape index (κ3) is 3.54. The molecule has 3 heterocycles. The zero-order valence-corrected chi connectivity index (χ0v) is 17.4. The number of nitrogens with one attached hydrogen (secondary N) is 1. The Bertz CT molecular complexity index is 1080. The normalized spacial score (nSPS) is 19.5. The summed E-state index contributed by atoms with van der Waals surface area (Å²) in [4.78, 5) is 18.6. The zero-order valence-electron chi connectivity index (χ0n) is 17.4. The summed E-state index contributed by atoms with van der Waals surface area (Å²) in [5.74, 6) is 0.764. The minimum absolute atomic E-state index is 0.0794. The number of aryl methyl sites for hydroxylation is 1. The molecule has 1 aliphatic carbocycles. The van der Waals surface area contributed by atoms with Gasteiger partial charge in [0.1, 0.15) is 6.04 Å². The topological polar surface area (TPSA) is 88.9 Å². The van der Waals surface area contributed by atoms with E-state index in [0.29, 0.717) is 24.8 Å². The number of tetrazole rings is 1. The fourth-order valence-electron chi connectivity index (χ4n) is 4.82. The fourth-order valence-corrected chi connectivity index (χ4v) is 4.82. The van der Waals surface area contributed by atoms with Gasteiger partial charge >= 0.3 is 0 Å². The summed E-state index contributed by atoms with van der Waals surface area (Å²) in [5, 5.41) is 13.8. The maximum absolute atomic E-state index is 13.2. The highest BCUT2D eigenvalue weighted by atomic mass is 16.5. The second-order valence-electron chi connectivity index (χ2n) is 8.30. The monoisotopic (exact) mass is 408 g/mol. The van der Waals surface area contributed by atoms with E-state index in [1.807, 2.05) is 16.8 Å². The largest absolute Gasteiger partial charge is 0.379 e. The first-order valence-corrected chi connectivity index (χ1v) is 11.0. The van der Waals surface area contributed by atoms with Gasteiger partial charge in [0.15, 0.2) is 5.82 Å². The van der Waals surface area contributed by atoms with Gasteiger partial charge in [0.25, 0.3) is 5.56 Å². The molecule has 2 aromatic heterocycles. The van der Waals surface area contributed by atoms with Gasteiger partial charge in [-0.3, -0.25) is 9.69 Å². The highest BCUT2D eigenvalue weighted by molar-refractivity contribution is 5.80. The van der Waals surface area contributed by atoms with Gasteiger partial charge < -0.3 is 9.72 Å². The molecule has 2 fully saturated rings. The summed E-state index contributed by atoms with van der Waals surface area (Å²) in [6.07, 6.45) is 5.52. The van der Waals surface area contributed by atoms with Crippen LogP contribution in [-0.2, 0) is 11.2 Å². The van der Waals surface area contributed by atoms with Crippen LogP contribution in [0, 0.1) is 0 Å². The van der Waals surface area contributed by atoms with E-state index in [9.17, 15) is 4.79 Å². The SMILES string of the molecule is CCc1ccc2[nH]c(=O)c([C@H](c3nnnn3C3CCCC3)N3CCOCC3)cc2c1. The second-order valence-corrected chi connectivity index (χ2v) is 8.30. The summed E-state index contributed by atoms with van der Waals surface area (Å²) in [6.45, 7) is 4.92. The van der Waals surface area contributed by atoms with Gasteiger partial charge in [-0.1, -0.05) is 25.8 Å². The van der Waals surface area contributed by atoms with Gasteiger partial charge in [-0.05, 0) is 58.8 Å². The van der Waals surface area contributed by atoms with Gasteiger partial charge in [-0.15, -0.1) is 5.10 Å². The van der Waals surface area contributed by atoms with Crippen LogP contribution in [0.25, 0.3) is 10.9 Å². The zero-order chi connectivity index (χ0) is 20.5. The highest BCUT2D eigenvalue weighted by Gasteiger charge is 2.33. The van der Waals surface area contributed by atoms with E-state index in [4.69, 9.17) is 4.74 Å². The van der Waals surface area contributed by atoms with Crippen LogP contribution in [-0.4, -0.2) is 56.4 Å². The molecule has 1 atom stereocenters. The van der Waals surface area contributed by atoms with Gasteiger partial charge in [0.05, 0.1) is 19.3 Å². The molecule has 3 aromatic rings. The molecule has 8 nitrogen and oxygen atoms in total. The van der Waals surface area contributed by atoms with Crippen LogP contribution in [0.2, 0.25) is 0 Å². The number of fused-ring (bicyclic) bond motifs is 1. The molecule has 5 rings (SSSR count). The predicted molar refractivity (Wildman–Crippen MR) is 114 cm³/mol. The number of nitrogens with zero attached hydrogens (tertiary/aromatic N) is 5. The van der Waals surface area contributed by atoms with Crippen LogP contribution in [0.3, 0.4) is 0 Å². The van der Waals surface area contributed by atoms with E-state index in [1.54, 1.807) is 0 Å². The van der Waals surface area contributed by atoms with Gasteiger partial charge in [0, 0.05) is 24.2 Å². The van der Waals surface area contributed by atoms with Crippen LogP contribution in [0.1, 0.15) is 61.6 Å². The van der Waals surface area contributed by atoms with Crippen molar-refractivity contribution >= 4 is 10.9 Å². The van der Waals surface area contributed by atoms with E-state index in [2.05, 4.69) is 44.5 Å². The smallest absolute Gasteiger partial charge is 0.253 e. The number of aromatic nitrogens is 5. The van der Waals surface area contributed by atoms with Crippen molar-refractivity contribution in [1.29, 1.82) is 0 Å².